The van der Waals surface area contributed by atoms with E-state index in [9.17, 15) is 14.4 Å². The summed E-state index contributed by atoms with van der Waals surface area (Å²) in [6.45, 7) is 6.70. The summed E-state index contributed by atoms with van der Waals surface area (Å²) >= 11 is 1.41. The van der Waals surface area contributed by atoms with Gasteiger partial charge >= 0.3 is 5.69 Å². The van der Waals surface area contributed by atoms with E-state index >= 15 is 0 Å². The Kier molecular flexibility index (Phi) is 8.16. The van der Waals surface area contributed by atoms with Crippen LogP contribution in [0.5, 0.6) is 0 Å². The summed E-state index contributed by atoms with van der Waals surface area (Å²) in [5, 5.41) is 0. The molecule has 1 heterocycles. The summed E-state index contributed by atoms with van der Waals surface area (Å²) in [6, 6.07) is 17.5. The lowest BCUT2D eigenvalue weighted by Gasteiger charge is -2.24. The van der Waals surface area contributed by atoms with Gasteiger partial charge in [0.2, 0.25) is 5.91 Å². The van der Waals surface area contributed by atoms with Gasteiger partial charge in [-0.15, -0.1) is 11.8 Å². The molecule has 0 saturated heterocycles. The molecule has 3 rings (SSSR count). The predicted molar refractivity (Wildman–Crippen MR) is 135 cm³/mol. The minimum Gasteiger partial charge on any atom is -0.383 e. The molecule has 0 unspecified atom stereocenters. The average molecular weight is 467 g/mol. The highest BCUT2D eigenvalue weighted by Gasteiger charge is 2.24. The fraction of sp³-hybridized carbons (Fsp3) is 0.320. The lowest BCUT2D eigenvalue weighted by molar-refractivity contribution is -0.116. The molecular formula is C25H30N4O3S. The van der Waals surface area contributed by atoms with E-state index in [4.69, 9.17) is 5.73 Å². The number of nitrogens with zero attached hydrogens (tertiary/aromatic N) is 2. The molecule has 0 bridgehead atoms. The number of aromatic nitrogens is 2. The first kappa shape index (κ1) is 24.4. The maximum Gasteiger partial charge on any atom is 0.330 e. The molecule has 3 N–H and O–H groups in total. The second-order valence-corrected chi connectivity index (χ2v) is 9.17. The molecule has 174 valence electrons. The molecule has 0 radical (unpaired) electrons. The van der Waals surface area contributed by atoms with Crippen LogP contribution in [0.25, 0.3) is 0 Å². The number of hydrogen-bond donors (Lipinski definition) is 2. The van der Waals surface area contributed by atoms with Crippen molar-refractivity contribution < 1.29 is 4.79 Å². The Hall–Kier alpha value is -3.26. The summed E-state index contributed by atoms with van der Waals surface area (Å²) in [7, 11) is 0. The molecule has 0 saturated carbocycles. The van der Waals surface area contributed by atoms with Crippen molar-refractivity contribution in [2.45, 2.75) is 44.6 Å². The molecule has 33 heavy (non-hydrogen) atoms. The van der Waals surface area contributed by atoms with Crippen molar-refractivity contribution in [1.29, 1.82) is 0 Å². The van der Waals surface area contributed by atoms with Gasteiger partial charge in [-0.05, 0) is 35.6 Å². The number of thioether (sulfide) groups is 1. The fourth-order valence-electron chi connectivity index (χ4n) is 3.52. The summed E-state index contributed by atoms with van der Waals surface area (Å²) in [5.74, 6) is 0.335. The largest absolute Gasteiger partial charge is 0.383 e. The Balaban J connectivity index is 1.87. The number of nitrogens with two attached hydrogens (primary N) is 1. The molecule has 2 aromatic carbocycles. The standard InChI is InChI=1S/C25H30N4O3S/c1-4-14-28(21(30)16-33-20-12-10-19(11-13-20)17(2)3)22-23(26)29(25(32)27-24(22)31)15-18-8-6-5-7-9-18/h5-13,17H,4,14-16,26H2,1-3H3,(H,27,31,32). The minimum absolute atomic E-state index is 0.0133. The quantitative estimate of drug-likeness (QED) is 0.467. The molecule has 0 atom stereocenters. The monoisotopic (exact) mass is 466 g/mol. The van der Waals surface area contributed by atoms with E-state index in [0.29, 0.717) is 18.9 Å². The van der Waals surface area contributed by atoms with Crippen LogP contribution in [0.2, 0.25) is 0 Å². The number of aromatic amines is 1. The molecule has 0 spiro atoms. The van der Waals surface area contributed by atoms with Gasteiger partial charge in [0.15, 0.2) is 5.69 Å². The second-order valence-electron chi connectivity index (χ2n) is 8.12. The SMILES string of the molecule is CCCN(C(=O)CSc1ccc(C(C)C)cc1)c1c(N)n(Cc2ccccc2)c(=O)[nH]c1=O. The molecule has 0 aliphatic heterocycles. The highest BCUT2D eigenvalue weighted by Crippen LogP contribution is 2.24. The van der Waals surface area contributed by atoms with Crippen molar-refractivity contribution in [3.8, 4) is 0 Å². The number of anilines is 2. The van der Waals surface area contributed by atoms with Gasteiger partial charge in [0.25, 0.3) is 5.56 Å². The zero-order chi connectivity index (χ0) is 24.0. The number of rotatable bonds is 9. The van der Waals surface area contributed by atoms with Crippen LogP contribution in [-0.2, 0) is 11.3 Å². The van der Waals surface area contributed by atoms with Gasteiger partial charge in [0, 0.05) is 11.4 Å². The van der Waals surface area contributed by atoms with Gasteiger partial charge in [0.1, 0.15) is 5.82 Å². The highest BCUT2D eigenvalue weighted by atomic mass is 32.2. The third-order valence-corrected chi connectivity index (χ3v) is 6.32. The Bertz CT molecular complexity index is 1200. The maximum absolute atomic E-state index is 13.2. The van der Waals surface area contributed by atoms with Gasteiger partial charge in [0.05, 0.1) is 12.3 Å². The van der Waals surface area contributed by atoms with Crippen molar-refractivity contribution in [2.75, 3.05) is 22.9 Å². The van der Waals surface area contributed by atoms with Crippen LogP contribution in [0, 0.1) is 0 Å². The van der Waals surface area contributed by atoms with Crippen LogP contribution in [-0.4, -0.2) is 27.8 Å². The lowest BCUT2D eigenvalue weighted by atomic mass is 10.0. The molecule has 0 fully saturated rings. The molecule has 1 amide bonds. The van der Waals surface area contributed by atoms with Gasteiger partial charge in [-0.1, -0.05) is 63.2 Å². The number of benzene rings is 2. The number of hydrogen-bond acceptors (Lipinski definition) is 5. The minimum atomic E-state index is -0.658. The van der Waals surface area contributed by atoms with E-state index in [1.54, 1.807) is 0 Å². The van der Waals surface area contributed by atoms with Crippen LogP contribution in [0.15, 0.2) is 69.1 Å². The Morgan fingerprint density at radius 1 is 1.09 bits per heavy atom. The Morgan fingerprint density at radius 2 is 1.76 bits per heavy atom. The lowest BCUT2D eigenvalue weighted by Crippen LogP contribution is -2.42. The number of carbonyl (C=O) groups is 1. The zero-order valence-electron chi connectivity index (χ0n) is 19.2. The topological polar surface area (TPSA) is 101 Å². The number of carbonyl (C=O) groups excluding carboxylic acids is 1. The number of nitrogen functional groups attached to an aromatic ring is 1. The summed E-state index contributed by atoms with van der Waals surface area (Å²) in [4.78, 5) is 43.0. The number of amides is 1. The Labute approximate surface area is 197 Å². The summed E-state index contributed by atoms with van der Waals surface area (Å²) in [5.41, 5.74) is 7.15. The molecule has 0 aliphatic rings. The van der Waals surface area contributed by atoms with Crippen molar-refractivity contribution in [1.82, 2.24) is 9.55 Å². The summed E-state index contributed by atoms with van der Waals surface area (Å²) < 4.78 is 1.29. The Morgan fingerprint density at radius 3 is 2.36 bits per heavy atom. The second kappa shape index (κ2) is 11.0. The van der Waals surface area contributed by atoms with Crippen molar-refractivity contribution in [3.63, 3.8) is 0 Å². The molecule has 1 aromatic heterocycles. The molecule has 8 heteroatoms. The van der Waals surface area contributed by atoms with Crippen LogP contribution < -0.4 is 21.9 Å². The smallest absolute Gasteiger partial charge is 0.330 e. The van der Waals surface area contributed by atoms with E-state index in [1.165, 1.54) is 26.8 Å². The number of nitrogens with one attached hydrogen (secondary N) is 1. The highest BCUT2D eigenvalue weighted by molar-refractivity contribution is 8.00. The van der Waals surface area contributed by atoms with Gasteiger partial charge in [-0.2, -0.15) is 0 Å². The van der Waals surface area contributed by atoms with Gasteiger partial charge < -0.3 is 10.6 Å². The van der Waals surface area contributed by atoms with Gasteiger partial charge in [-0.25, -0.2) is 4.79 Å². The third-order valence-electron chi connectivity index (χ3n) is 5.32. The van der Waals surface area contributed by atoms with Crippen LogP contribution >= 0.6 is 11.8 Å². The van der Waals surface area contributed by atoms with E-state index in [1.807, 2.05) is 49.4 Å². The maximum atomic E-state index is 13.2. The number of H-pyrrole nitrogens is 1. The predicted octanol–water partition coefficient (Wildman–Crippen LogP) is 3.83. The van der Waals surface area contributed by atoms with Crippen molar-refractivity contribution in [2.24, 2.45) is 0 Å². The molecular weight excluding hydrogens is 436 g/mol. The van der Waals surface area contributed by atoms with Crippen molar-refractivity contribution >= 4 is 29.2 Å². The van der Waals surface area contributed by atoms with E-state index in [-0.39, 0.29) is 29.7 Å². The fourth-order valence-corrected chi connectivity index (χ4v) is 4.29. The third kappa shape index (κ3) is 5.96. The van der Waals surface area contributed by atoms with Crippen LogP contribution in [0.4, 0.5) is 11.5 Å². The normalized spacial score (nSPS) is 11.0. The average Bonchev–Trinajstić information content (AvgIpc) is 2.80. The van der Waals surface area contributed by atoms with Crippen molar-refractivity contribution in [3.05, 3.63) is 86.6 Å². The zero-order valence-corrected chi connectivity index (χ0v) is 20.0. The van der Waals surface area contributed by atoms with Crippen LogP contribution in [0.1, 0.15) is 44.2 Å². The van der Waals surface area contributed by atoms with Gasteiger partial charge in [-0.3, -0.25) is 19.1 Å². The molecule has 0 aliphatic carbocycles. The van der Waals surface area contributed by atoms with Crippen LogP contribution in [0.3, 0.4) is 0 Å². The molecule has 7 nitrogen and oxygen atoms in total. The van der Waals surface area contributed by atoms with E-state index < -0.39 is 11.2 Å². The first-order valence-corrected chi connectivity index (χ1v) is 12.0. The molecule has 3 aromatic rings. The van der Waals surface area contributed by atoms with E-state index in [0.717, 1.165) is 10.5 Å². The summed E-state index contributed by atoms with van der Waals surface area (Å²) in [6.07, 6.45) is 0.635. The van der Waals surface area contributed by atoms with E-state index in [2.05, 4.69) is 31.0 Å². The first-order valence-electron chi connectivity index (χ1n) is 11.0. The first-order chi connectivity index (χ1) is 15.8.